The van der Waals surface area contributed by atoms with E-state index in [9.17, 15) is 19.8 Å². The second kappa shape index (κ2) is 44.5. The maximum atomic E-state index is 10.2. The fourth-order valence-corrected chi connectivity index (χ4v) is 4.68. The number of hydrogen-bond donors (Lipinski definition) is 0. The Bertz CT molecular complexity index is 527. The summed E-state index contributed by atoms with van der Waals surface area (Å²) in [5, 5.41) is 20.4. The van der Waals surface area contributed by atoms with Crippen LogP contribution in [0.25, 0.3) is 0 Å². The van der Waals surface area contributed by atoms with Gasteiger partial charge in [-0.05, 0) is 77.0 Å². The minimum Gasteiger partial charge on any atom is -2.00 e. The van der Waals surface area contributed by atoms with Gasteiger partial charge in [0.15, 0.2) is 0 Å². The average molecular weight is 627 g/mol. The van der Waals surface area contributed by atoms with Gasteiger partial charge in [-0.3, -0.25) is 0 Å². The smallest absolute Gasteiger partial charge is 2.00 e. The van der Waals surface area contributed by atoms with E-state index >= 15 is 0 Å². The number of hydrogen-bond acceptors (Lipinski definition) is 4. The summed E-state index contributed by atoms with van der Waals surface area (Å²) < 4.78 is 0. The first-order valence-electron chi connectivity index (χ1n) is 17.2. The molecule has 0 spiro atoms. The summed E-state index contributed by atoms with van der Waals surface area (Å²) in [6, 6.07) is 0. The van der Waals surface area contributed by atoms with Crippen molar-refractivity contribution in [3.05, 3.63) is 24.3 Å². The maximum Gasteiger partial charge on any atom is 4.00 e. The van der Waals surface area contributed by atoms with Crippen molar-refractivity contribution >= 4 is 11.9 Å². The molecule has 0 aliphatic heterocycles. The Labute approximate surface area is 276 Å². The number of carbonyl (C=O) groups is 2. The van der Waals surface area contributed by atoms with Crippen LogP contribution >= 0.6 is 0 Å². The number of allylic oxidation sites excluding steroid dienone is 4. The molecule has 6 heteroatoms. The molecule has 0 radical (unpaired) electrons. The summed E-state index contributed by atoms with van der Waals surface area (Å²) in [5.41, 5.74) is 0. The number of unbranched alkanes of at least 4 members (excludes halogenated alkanes) is 22. The zero-order chi connectivity index (χ0) is 29.8. The molecule has 0 unspecified atom stereocenters. The van der Waals surface area contributed by atoms with E-state index in [2.05, 4.69) is 38.2 Å². The first-order valence-corrected chi connectivity index (χ1v) is 17.2. The molecule has 0 aromatic rings. The van der Waals surface area contributed by atoms with Crippen molar-refractivity contribution in [1.82, 2.24) is 0 Å². The van der Waals surface area contributed by atoms with E-state index in [1.165, 1.54) is 128 Å². The minimum absolute atomic E-state index is 0. The maximum absolute atomic E-state index is 10.2. The number of carboxylic acid groups (broad SMARTS) is 2. The fraction of sp³-hybridized carbons (Fsp3) is 0.833. The van der Waals surface area contributed by atoms with Crippen LogP contribution < -0.4 is 10.2 Å². The number of aliphatic carboxylic acids is 2. The molecule has 0 amide bonds. The van der Waals surface area contributed by atoms with Crippen molar-refractivity contribution in [1.29, 1.82) is 0 Å². The van der Waals surface area contributed by atoms with Gasteiger partial charge in [0, 0.05) is 11.9 Å². The molecule has 0 fully saturated rings. The Balaban J connectivity index is -0.000000328. The summed E-state index contributed by atoms with van der Waals surface area (Å²) in [4.78, 5) is 20.4. The molecule has 0 heterocycles. The normalized spacial score (nSPS) is 10.7. The Hall–Kier alpha value is -0.906. The van der Waals surface area contributed by atoms with Crippen LogP contribution in [0, 0.1) is 0 Å². The molecule has 0 rings (SSSR count). The van der Waals surface area contributed by atoms with Gasteiger partial charge in [0.1, 0.15) is 0 Å². The van der Waals surface area contributed by atoms with Crippen LogP contribution in [0.2, 0.25) is 0 Å². The first kappa shape index (κ1) is 48.0. The molecule has 0 aliphatic rings. The molecule has 42 heavy (non-hydrogen) atoms. The molecule has 0 bridgehead atoms. The van der Waals surface area contributed by atoms with E-state index in [0.717, 1.165) is 38.5 Å². The van der Waals surface area contributed by atoms with Crippen LogP contribution in [0.4, 0.5) is 0 Å². The van der Waals surface area contributed by atoms with E-state index in [1.807, 2.05) is 0 Å². The molecule has 0 saturated carbocycles. The summed E-state index contributed by atoms with van der Waals surface area (Å²) in [5.74, 6) is -1.83. The van der Waals surface area contributed by atoms with E-state index in [4.69, 9.17) is 0 Å². The predicted molar refractivity (Wildman–Crippen MR) is 170 cm³/mol. The fourth-order valence-electron chi connectivity index (χ4n) is 4.68. The molecule has 0 aromatic heterocycles. The Kier molecular flexibility index (Phi) is 50.9. The number of carboxylic acids is 2. The van der Waals surface area contributed by atoms with Gasteiger partial charge in [0.25, 0.3) is 0 Å². The van der Waals surface area contributed by atoms with Crippen molar-refractivity contribution in [3.8, 4) is 0 Å². The van der Waals surface area contributed by atoms with Crippen LogP contribution in [0.15, 0.2) is 24.3 Å². The van der Waals surface area contributed by atoms with Crippen LogP contribution in [0.3, 0.4) is 0 Å². The predicted octanol–water partition coefficient (Wildman–Crippen LogP) is 9.43. The van der Waals surface area contributed by atoms with Crippen LogP contribution in [0.5, 0.6) is 0 Å². The third kappa shape index (κ3) is 51.8. The van der Waals surface area contributed by atoms with Crippen molar-refractivity contribution in [2.24, 2.45) is 0 Å². The van der Waals surface area contributed by atoms with Gasteiger partial charge >= 0.3 is 21.7 Å². The molecule has 0 saturated heterocycles. The number of rotatable bonds is 30. The monoisotopic (exact) mass is 626 g/mol. The molecule has 0 atom stereocenters. The summed E-state index contributed by atoms with van der Waals surface area (Å²) in [6.07, 6.45) is 41.8. The van der Waals surface area contributed by atoms with Crippen molar-refractivity contribution in [2.45, 2.75) is 194 Å². The quantitative estimate of drug-likeness (QED) is 0.0449. The van der Waals surface area contributed by atoms with Crippen LogP contribution in [-0.4, -0.2) is 11.9 Å². The zero-order valence-electron chi connectivity index (χ0n) is 27.6. The third-order valence-electron chi connectivity index (χ3n) is 7.29. The molecule has 0 aliphatic carbocycles. The van der Waals surface area contributed by atoms with Gasteiger partial charge in [0.05, 0.1) is 0 Å². The Morgan fingerprint density at radius 3 is 0.857 bits per heavy atom. The Morgan fingerprint density at radius 2 is 0.619 bits per heavy atom. The second-order valence-electron chi connectivity index (χ2n) is 11.4. The van der Waals surface area contributed by atoms with Gasteiger partial charge in [-0.1, -0.05) is 141 Å². The van der Waals surface area contributed by atoms with E-state index in [0.29, 0.717) is 0 Å². The van der Waals surface area contributed by atoms with Crippen LogP contribution in [-0.2, 0) is 36.8 Å². The SMILES string of the molecule is CCCCCCCC/C=C\CCCCCCCC(=O)[O-].CCCCCCCC/C=C\CCCCCCCC(=O)[O-].[O-2].[Ti+4]. The minimum atomic E-state index is -0.914. The Morgan fingerprint density at radius 1 is 0.405 bits per heavy atom. The van der Waals surface area contributed by atoms with Gasteiger partial charge in [-0.2, -0.15) is 0 Å². The molecular formula is C36H66O5Ti. The van der Waals surface area contributed by atoms with Crippen molar-refractivity contribution in [2.75, 3.05) is 0 Å². The average Bonchev–Trinajstić information content (AvgIpc) is 2.93. The standard InChI is InChI=1S/2C18H34O2.O.Ti/c2*1-2-3-4-5-6-7-8-9-10-11-12-13-14-15-16-17-18(19)20;;/h2*9-10H,2-8,11-17H2,1H3,(H,19,20);;/q;;-2;+4/p-2/b2*10-9-;;. The van der Waals surface area contributed by atoms with Gasteiger partial charge in [0.2, 0.25) is 0 Å². The number of carbonyl (C=O) groups excluding carboxylic acids is 2. The van der Waals surface area contributed by atoms with Crippen molar-refractivity contribution in [3.63, 3.8) is 0 Å². The molecule has 5 nitrogen and oxygen atoms in total. The topological polar surface area (TPSA) is 109 Å². The van der Waals surface area contributed by atoms with Crippen LogP contribution in [0.1, 0.15) is 194 Å². The third-order valence-corrected chi connectivity index (χ3v) is 7.29. The summed E-state index contributed by atoms with van der Waals surface area (Å²) in [7, 11) is 0. The zero-order valence-corrected chi connectivity index (χ0v) is 29.2. The molecular weight excluding hydrogens is 560 g/mol. The van der Waals surface area contributed by atoms with E-state index in [1.54, 1.807) is 0 Å². The summed E-state index contributed by atoms with van der Waals surface area (Å²) in [6.45, 7) is 4.51. The molecule has 244 valence electrons. The van der Waals surface area contributed by atoms with Gasteiger partial charge in [-0.15, -0.1) is 0 Å². The van der Waals surface area contributed by atoms with Crippen molar-refractivity contribution < 1.29 is 47.0 Å². The van der Waals surface area contributed by atoms with Gasteiger partial charge in [-0.25, -0.2) is 0 Å². The van der Waals surface area contributed by atoms with E-state index < -0.39 is 11.9 Å². The second-order valence-corrected chi connectivity index (χ2v) is 11.4. The van der Waals surface area contributed by atoms with Gasteiger partial charge < -0.3 is 25.3 Å². The molecule has 0 N–H and O–H groups in total. The largest absolute Gasteiger partial charge is 4.00 e. The summed E-state index contributed by atoms with van der Waals surface area (Å²) >= 11 is 0. The van der Waals surface area contributed by atoms with E-state index in [-0.39, 0.29) is 40.0 Å². The molecule has 0 aromatic carbocycles. The first-order chi connectivity index (χ1) is 19.5.